The summed E-state index contributed by atoms with van der Waals surface area (Å²) in [4.78, 5) is 0. The highest BCUT2D eigenvalue weighted by atomic mass is 19.4. The molecular weight excluding hydrogens is 652 g/mol. The van der Waals surface area contributed by atoms with Crippen LogP contribution in [0.4, 0.5) is 70.2 Å². The molecule has 0 amide bonds. The molecule has 5 aromatic carbocycles. The Morgan fingerprint density at radius 1 is 0.333 bits per heavy atom. The van der Waals surface area contributed by atoms with Gasteiger partial charge in [-0.25, -0.2) is 0 Å². The molecule has 16 heteroatoms. The van der Waals surface area contributed by atoms with Gasteiger partial charge in [0.2, 0.25) is 0 Å². The van der Waals surface area contributed by atoms with Crippen LogP contribution in [0.25, 0.3) is 43.1 Å². The monoisotopic (exact) mass is 664 g/mol. The van der Waals surface area contributed by atoms with Crippen LogP contribution in [-0.4, -0.2) is 29.9 Å². The lowest BCUT2D eigenvalue weighted by atomic mass is 9.82. The van der Waals surface area contributed by atoms with Gasteiger partial charge in [-0.15, -0.1) is 0 Å². The summed E-state index contributed by atoms with van der Waals surface area (Å²) < 4.78 is 228. The van der Waals surface area contributed by atoms with Crippen LogP contribution in [0.3, 0.4) is 0 Å². The van der Waals surface area contributed by atoms with Crippen molar-refractivity contribution in [1.82, 2.24) is 0 Å². The third-order valence-electron chi connectivity index (χ3n) is 7.38. The van der Waals surface area contributed by atoms with Crippen molar-refractivity contribution in [3.05, 3.63) is 83.9 Å². The van der Waals surface area contributed by atoms with Crippen molar-refractivity contribution >= 4 is 43.1 Å². The average molecular weight is 664 g/mol. The fraction of sp³-hybridized carbons (Fsp3) is 0.241. The van der Waals surface area contributed by atoms with Crippen molar-refractivity contribution in [3.8, 4) is 0 Å². The van der Waals surface area contributed by atoms with Gasteiger partial charge in [-0.3, -0.25) is 0 Å². The second kappa shape index (κ2) is 9.52. The second-order valence-electron chi connectivity index (χ2n) is 10.1. The van der Waals surface area contributed by atoms with E-state index < -0.39 is 74.6 Å². The summed E-state index contributed by atoms with van der Waals surface area (Å²) >= 11 is 0. The van der Waals surface area contributed by atoms with E-state index in [-0.39, 0.29) is 21.5 Å². The van der Waals surface area contributed by atoms with Crippen molar-refractivity contribution in [2.75, 3.05) is 0 Å². The summed E-state index contributed by atoms with van der Waals surface area (Å²) in [5, 5.41) is -6.36. The Hall–Kier alpha value is -3.98. The topological polar surface area (TPSA) is 0 Å². The number of hydrogen-bond acceptors (Lipinski definition) is 0. The summed E-state index contributed by atoms with van der Waals surface area (Å²) in [5.74, 6) is -38.9. The molecule has 5 rings (SSSR count). The minimum atomic E-state index is -8.18. The van der Waals surface area contributed by atoms with E-state index in [1.165, 1.54) is 36.4 Å². The molecule has 0 N–H and O–H groups in total. The number of halogens is 16. The molecule has 5 aromatic rings. The molecule has 0 atom stereocenters. The number of hydrogen-bond donors (Lipinski definition) is 0. The first kappa shape index (κ1) is 32.4. The Kier molecular flexibility index (Phi) is 6.85. The van der Waals surface area contributed by atoms with Gasteiger partial charge in [-0.2, -0.15) is 70.2 Å². The van der Waals surface area contributed by atoms with Gasteiger partial charge in [0.1, 0.15) is 0 Å². The summed E-state index contributed by atoms with van der Waals surface area (Å²) in [6.45, 7) is 0. The maximum absolute atomic E-state index is 16.0. The third kappa shape index (κ3) is 4.37. The van der Waals surface area contributed by atoms with E-state index in [2.05, 4.69) is 0 Å². The highest BCUT2D eigenvalue weighted by molar-refractivity contribution is 6.14. The van der Waals surface area contributed by atoms with Crippen molar-refractivity contribution < 1.29 is 70.2 Å². The number of benzene rings is 5. The van der Waals surface area contributed by atoms with Crippen molar-refractivity contribution in [2.45, 2.75) is 42.0 Å². The number of fused-ring (bicyclic) bond motifs is 4. The Morgan fingerprint density at radius 2 is 0.622 bits per heavy atom. The highest BCUT2D eigenvalue weighted by Crippen LogP contribution is 2.63. The van der Waals surface area contributed by atoms with E-state index in [9.17, 15) is 52.7 Å². The molecule has 0 heterocycles. The highest BCUT2D eigenvalue weighted by Gasteiger charge is 2.91. The molecule has 0 radical (unpaired) electrons. The SMILES string of the molecule is FC(F)(F)c1c2cc3ccccc3cc2c(C(F)(F)C(F)(F)C(F)(F)C(F)(F)C(F)(F)C(F)(F)F)c2cc3ccccc3cc12. The van der Waals surface area contributed by atoms with Crippen LogP contribution in [0.15, 0.2) is 72.8 Å². The fourth-order valence-electron chi connectivity index (χ4n) is 5.17. The lowest BCUT2D eigenvalue weighted by Gasteiger charge is -2.40. The van der Waals surface area contributed by atoms with Crippen LogP contribution in [0.5, 0.6) is 0 Å². The van der Waals surface area contributed by atoms with Crippen molar-refractivity contribution in [1.29, 1.82) is 0 Å². The molecule has 0 saturated heterocycles. The van der Waals surface area contributed by atoms with Gasteiger partial charge in [-0.1, -0.05) is 48.5 Å². The van der Waals surface area contributed by atoms with Crippen LogP contribution in [-0.2, 0) is 12.1 Å². The third-order valence-corrected chi connectivity index (χ3v) is 7.38. The molecule has 0 nitrogen and oxygen atoms in total. The van der Waals surface area contributed by atoms with Crippen molar-refractivity contribution in [2.24, 2.45) is 0 Å². The van der Waals surface area contributed by atoms with E-state index in [1.807, 2.05) is 0 Å². The van der Waals surface area contributed by atoms with E-state index in [0.29, 0.717) is 24.3 Å². The number of rotatable bonds is 5. The van der Waals surface area contributed by atoms with Gasteiger partial charge >= 0.3 is 42.0 Å². The molecule has 0 aliphatic rings. The van der Waals surface area contributed by atoms with Gasteiger partial charge in [0, 0.05) is 5.56 Å². The predicted octanol–water partition coefficient (Wildman–Crippen LogP) is 11.5. The lowest BCUT2D eigenvalue weighted by molar-refractivity contribution is -0.441. The van der Waals surface area contributed by atoms with Crippen LogP contribution in [0.1, 0.15) is 11.1 Å². The summed E-state index contributed by atoms with van der Waals surface area (Å²) in [6, 6.07) is 11.5. The normalized spacial score (nSPS) is 14.7. The molecule has 0 bridgehead atoms. The van der Waals surface area contributed by atoms with E-state index in [0.717, 1.165) is 12.1 Å². The Balaban J connectivity index is 1.99. The van der Waals surface area contributed by atoms with Crippen LogP contribution >= 0.6 is 0 Å². The maximum Gasteiger partial charge on any atom is 0.460 e. The summed E-state index contributed by atoms with van der Waals surface area (Å²) in [6.07, 6.45) is -13.1. The fourth-order valence-corrected chi connectivity index (χ4v) is 5.17. The first-order valence-electron chi connectivity index (χ1n) is 12.2. The average Bonchev–Trinajstić information content (AvgIpc) is 2.91. The van der Waals surface area contributed by atoms with E-state index in [1.54, 1.807) is 0 Å². The molecule has 0 aromatic heterocycles. The first-order valence-corrected chi connectivity index (χ1v) is 12.2. The quantitative estimate of drug-likeness (QED) is 0.130. The molecule has 0 aliphatic carbocycles. The smallest absolute Gasteiger partial charge is 0.194 e. The minimum absolute atomic E-state index is 0.113. The van der Waals surface area contributed by atoms with Crippen LogP contribution in [0.2, 0.25) is 0 Å². The standard InChI is InChI=1S/C29H12F16/c30-23(31,25(35,36)26(37,38)27(39,40)28(41,42)29(43,44)45)21-17-9-13-5-1-3-7-15(13)11-19(17)22(24(32,33)34)20-12-16-8-4-2-6-14(16)10-18(20)21/h1-12H. The van der Waals surface area contributed by atoms with Gasteiger partial charge in [-0.05, 0) is 67.4 Å². The molecule has 0 fully saturated rings. The van der Waals surface area contributed by atoms with Crippen LogP contribution in [0, 0.1) is 0 Å². The molecule has 240 valence electrons. The van der Waals surface area contributed by atoms with Gasteiger partial charge < -0.3 is 0 Å². The molecule has 0 aliphatic heterocycles. The predicted molar refractivity (Wildman–Crippen MR) is 131 cm³/mol. The Bertz CT molecular complexity index is 1870. The molecule has 0 saturated carbocycles. The minimum Gasteiger partial charge on any atom is -0.194 e. The summed E-state index contributed by atoms with van der Waals surface area (Å²) in [5.41, 5.74) is -4.17. The molecule has 0 unspecified atom stereocenters. The van der Waals surface area contributed by atoms with E-state index in [4.69, 9.17) is 0 Å². The second-order valence-corrected chi connectivity index (χ2v) is 10.1. The largest absolute Gasteiger partial charge is 0.460 e. The zero-order valence-corrected chi connectivity index (χ0v) is 21.5. The van der Waals surface area contributed by atoms with Gasteiger partial charge in [0.05, 0.1) is 5.56 Å². The number of alkyl halides is 16. The Labute approximate surface area is 239 Å². The first-order chi connectivity index (χ1) is 20.4. The molecule has 0 spiro atoms. The maximum atomic E-state index is 16.0. The van der Waals surface area contributed by atoms with Gasteiger partial charge in [0.15, 0.2) is 0 Å². The van der Waals surface area contributed by atoms with Gasteiger partial charge in [0.25, 0.3) is 0 Å². The zero-order valence-electron chi connectivity index (χ0n) is 21.5. The van der Waals surface area contributed by atoms with Crippen LogP contribution < -0.4 is 0 Å². The zero-order chi connectivity index (χ0) is 33.8. The lowest BCUT2D eigenvalue weighted by Crippen LogP contribution is -2.69. The summed E-state index contributed by atoms with van der Waals surface area (Å²) in [7, 11) is 0. The molecule has 45 heavy (non-hydrogen) atoms. The molecular formula is C29H12F16. The van der Waals surface area contributed by atoms with E-state index >= 15 is 17.6 Å². The Morgan fingerprint density at radius 3 is 0.911 bits per heavy atom. The van der Waals surface area contributed by atoms with Crippen molar-refractivity contribution in [3.63, 3.8) is 0 Å².